The fourth-order valence-corrected chi connectivity index (χ4v) is 2.94. The zero-order chi connectivity index (χ0) is 13.2. The van der Waals surface area contributed by atoms with Crippen molar-refractivity contribution in [3.8, 4) is 0 Å². The molecule has 0 bridgehead atoms. The van der Waals surface area contributed by atoms with Crippen molar-refractivity contribution in [3.63, 3.8) is 0 Å². The molecule has 0 spiro atoms. The molecule has 8 heteroatoms. The van der Waals surface area contributed by atoms with E-state index in [2.05, 4.69) is 5.10 Å². The van der Waals surface area contributed by atoms with Gasteiger partial charge in [-0.2, -0.15) is 9.40 Å². The van der Waals surface area contributed by atoms with Crippen molar-refractivity contribution >= 4 is 27.2 Å². The normalized spacial score (nSPS) is 13.9. The number of nitrogens with two attached hydrogens (primary N) is 1. The molecule has 0 aromatic carbocycles. The monoisotopic (exact) mass is 276 g/mol. The van der Waals surface area contributed by atoms with E-state index in [9.17, 15) is 8.42 Å². The van der Waals surface area contributed by atoms with Crippen molar-refractivity contribution in [3.05, 3.63) is 12.4 Å². The molecule has 0 aliphatic heterocycles. The van der Waals surface area contributed by atoms with Crippen LogP contribution in [-0.2, 0) is 17.1 Å². The van der Waals surface area contributed by atoms with Gasteiger partial charge in [-0.1, -0.05) is 12.2 Å². The Balaban J connectivity index is 2.94. The zero-order valence-corrected chi connectivity index (χ0v) is 11.6. The molecule has 96 valence electrons. The second kappa shape index (κ2) is 5.11. The summed E-state index contributed by atoms with van der Waals surface area (Å²) in [5.41, 5.74) is 5.41. The van der Waals surface area contributed by atoms with Crippen LogP contribution in [-0.4, -0.2) is 40.6 Å². The Morgan fingerprint density at radius 3 is 2.71 bits per heavy atom. The summed E-state index contributed by atoms with van der Waals surface area (Å²) in [7, 11) is -0.359. The van der Waals surface area contributed by atoms with Crippen molar-refractivity contribution in [2.75, 3.05) is 7.05 Å². The van der Waals surface area contributed by atoms with Gasteiger partial charge in [0, 0.05) is 32.8 Å². The van der Waals surface area contributed by atoms with Gasteiger partial charge in [0.05, 0.1) is 11.2 Å². The van der Waals surface area contributed by atoms with Gasteiger partial charge in [0.15, 0.2) is 0 Å². The molecular formula is C9H16N4O2S2. The van der Waals surface area contributed by atoms with E-state index < -0.39 is 10.0 Å². The summed E-state index contributed by atoms with van der Waals surface area (Å²) < 4.78 is 27.0. The molecule has 1 rings (SSSR count). The first-order chi connectivity index (χ1) is 7.75. The maximum absolute atomic E-state index is 12.2. The third-order valence-electron chi connectivity index (χ3n) is 2.48. The molecule has 17 heavy (non-hydrogen) atoms. The van der Waals surface area contributed by atoms with Gasteiger partial charge in [-0.05, 0) is 6.92 Å². The van der Waals surface area contributed by atoms with E-state index in [1.165, 1.54) is 28.4 Å². The van der Waals surface area contributed by atoms with Gasteiger partial charge >= 0.3 is 0 Å². The molecule has 1 unspecified atom stereocenters. The first kappa shape index (κ1) is 14.1. The number of nitrogens with zero attached hydrogens (tertiary/aromatic N) is 3. The summed E-state index contributed by atoms with van der Waals surface area (Å²) in [6.07, 6.45) is 3.13. The van der Waals surface area contributed by atoms with Crippen molar-refractivity contribution in [2.24, 2.45) is 12.8 Å². The Morgan fingerprint density at radius 2 is 2.29 bits per heavy atom. The predicted molar refractivity (Wildman–Crippen MR) is 69.0 cm³/mol. The molecule has 0 radical (unpaired) electrons. The molecule has 0 aliphatic carbocycles. The van der Waals surface area contributed by atoms with Crippen molar-refractivity contribution < 1.29 is 8.42 Å². The minimum absolute atomic E-state index is 0.164. The van der Waals surface area contributed by atoms with E-state index in [1.807, 2.05) is 0 Å². The van der Waals surface area contributed by atoms with Crippen LogP contribution in [0.4, 0.5) is 0 Å². The first-order valence-electron chi connectivity index (χ1n) is 5.00. The number of sulfonamides is 1. The fourth-order valence-electron chi connectivity index (χ4n) is 1.35. The average Bonchev–Trinajstić information content (AvgIpc) is 2.63. The van der Waals surface area contributed by atoms with Crippen molar-refractivity contribution in [2.45, 2.75) is 24.3 Å². The van der Waals surface area contributed by atoms with Crippen molar-refractivity contribution in [1.82, 2.24) is 14.1 Å². The lowest BCUT2D eigenvalue weighted by Crippen LogP contribution is -2.37. The Morgan fingerprint density at radius 1 is 1.71 bits per heavy atom. The molecule has 0 fully saturated rings. The van der Waals surface area contributed by atoms with Crippen LogP contribution in [0.15, 0.2) is 17.3 Å². The standard InChI is InChI=1S/C9H16N4O2S2/c1-7(4-9(10)16)13(3)17(14,15)8-5-11-12(2)6-8/h5-7H,4H2,1-3H3,(H2,10,16). The van der Waals surface area contributed by atoms with Gasteiger partial charge in [0.2, 0.25) is 10.0 Å². The number of thiocarbonyl (C=S) groups is 1. The van der Waals surface area contributed by atoms with Gasteiger partial charge in [-0.3, -0.25) is 4.68 Å². The summed E-state index contributed by atoms with van der Waals surface area (Å²) in [4.78, 5) is 0.461. The van der Waals surface area contributed by atoms with Gasteiger partial charge in [0.1, 0.15) is 4.90 Å². The number of aromatic nitrogens is 2. The highest BCUT2D eigenvalue weighted by Crippen LogP contribution is 2.16. The summed E-state index contributed by atoms with van der Waals surface area (Å²) in [6, 6.07) is -0.280. The van der Waals surface area contributed by atoms with Gasteiger partial charge in [0.25, 0.3) is 0 Å². The third kappa shape index (κ3) is 3.24. The van der Waals surface area contributed by atoms with Crippen LogP contribution >= 0.6 is 12.2 Å². The quantitative estimate of drug-likeness (QED) is 0.772. The minimum Gasteiger partial charge on any atom is -0.393 e. The minimum atomic E-state index is -3.53. The van der Waals surface area contributed by atoms with Crippen LogP contribution in [0.1, 0.15) is 13.3 Å². The molecule has 0 saturated heterocycles. The summed E-state index contributed by atoms with van der Waals surface area (Å²) >= 11 is 4.77. The van der Waals surface area contributed by atoms with Crippen LogP contribution in [0.2, 0.25) is 0 Å². The highest BCUT2D eigenvalue weighted by atomic mass is 32.2. The smallest absolute Gasteiger partial charge is 0.246 e. The molecule has 1 aromatic heterocycles. The number of hydrogen-bond acceptors (Lipinski definition) is 4. The summed E-state index contributed by atoms with van der Waals surface area (Å²) in [6.45, 7) is 1.76. The molecule has 1 heterocycles. The number of hydrogen-bond donors (Lipinski definition) is 1. The Kier molecular flexibility index (Phi) is 4.23. The maximum atomic E-state index is 12.2. The van der Waals surface area contributed by atoms with Crippen LogP contribution in [0.5, 0.6) is 0 Å². The number of aryl methyl sites for hydroxylation is 1. The number of rotatable bonds is 5. The molecule has 1 atom stereocenters. The van der Waals surface area contributed by atoms with Crippen molar-refractivity contribution in [1.29, 1.82) is 0 Å². The van der Waals surface area contributed by atoms with Gasteiger partial charge in [-0.15, -0.1) is 0 Å². The molecule has 1 aromatic rings. The molecule has 0 amide bonds. The van der Waals surface area contributed by atoms with Crippen LogP contribution in [0.25, 0.3) is 0 Å². The highest BCUT2D eigenvalue weighted by molar-refractivity contribution is 7.89. The molecule has 6 nitrogen and oxygen atoms in total. The molecule has 2 N–H and O–H groups in total. The topological polar surface area (TPSA) is 81.2 Å². The Hall–Kier alpha value is -0.990. The van der Waals surface area contributed by atoms with Crippen LogP contribution in [0.3, 0.4) is 0 Å². The van der Waals surface area contributed by atoms with Crippen LogP contribution in [0, 0.1) is 0 Å². The molecule has 0 saturated carbocycles. The highest BCUT2D eigenvalue weighted by Gasteiger charge is 2.26. The molecule has 0 aliphatic rings. The SMILES string of the molecule is CC(CC(N)=S)N(C)S(=O)(=O)c1cnn(C)c1. The van der Waals surface area contributed by atoms with Crippen LogP contribution < -0.4 is 5.73 Å². The van der Waals surface area contributed by atoms with Gasteiger partial charge in [-0.25, -0.2) is 8.42 Å². The first-order valence-corrected chi connectivity index (χ1v) is 6.85. The van der Waals surface area contributed by atoms with E-state index in [0.717, 1.165) is 0 Å². The van der Waals surface area contributed by atoms with E-state index in [1.54, 1.807) is 14.0 Å². The van der Waals surface area contributed by atoms with E-state index >= 15 is 0 Å². The maximum Gasteiger partial charge on any atom is 0.246 e. The largest absolute Gasteiger partial charge is 0.393 e. The molecular weight excluding hydrogens is 260 g/mol. The fraction of sp³-hybridized carbons (Fsp3) is 0.556. The van der Waals surface area contributed by atoms with E-state index in [-0.39, 0.29) is 10.9 Å². The lowest BCUT2D eigenvalue weighted by atomic mass is 10.2. The van der Waals surface area contributed by atoms with E-state index in [4.69, 9.17) is 18.0 Å². The van der Waals surface area contributed by atoms with Gasteiger partial charge < -0.3 is 5.73 Å². The summed E-state index contributed by atoms with van der Waals surface area (Å²) in [5.74, 6) is 0. The lowest BCUT2D eigenvalue weighted by molar-refractivity contribution is 0.397. The Bertz CT molecular complexity index is 509. The third-order valence-corrected chi connectivity index (χ3v) is 4.57. The average molecular weight is 276 g/mol. The Labute approximate surface area is 106 Å². The predicted octanol–water partition coefficient (Wildman–Crippen LogP) is 0.105. The second-order valence-corrected chi connectivity index (χ2v) is 6.41. The summed E-state index contributed by atoms with van der Waals surface area (Å²) in [5, 5.41) is 3.85. The second-order valence-electron chi connectivity index (χ2n) is 3.89. The lowest BCUT2D eigenvalue weighted by Gasteiger charge is -2.23. The van der Waals surface area contributed by atoms with E-state index in [0.29, 0.717) is 11.4 Å². The zero-order valence-electron chi connectivity index (χ0n) is 9.99.